The molecule has 0 radical (unpaired) electrons. The average Bonchev–Trinajstić information content (AvgIpc) is 3.17. The Labute approximate surface area is 133 Å². The zero-order valence-corrected chi connectivity index (χ0v) is 12.8. The molecule has 6 nitrogen and oxygen atoms in total. The third-order valence-corrected chi connectivity index (χ3v) is 4.58. The standard InChI is InChI=1S/C13H14F3N5OS/c14-13(15,16)12-18-10(8-23-12)11(22)20-4-1-2-9(6-20)7-21-5-3-17-19-21/h3,5,8-9H,1-2,4,6-7H2. The highest BCUT2D eigenvalue weighted by Crippen LogP contribution is 2.32. The summed E-state index contributed by atoms with van der Waals surface area (Å²) in [5, 5.41) is 7.81. The maximum absolute atomic E-state index is 12.6. The number of rotatable bonds is 3. The molecule has 2 aromatic rings. The smallest absolute Gasteiger partial charge is 0.337 e. The number of carbonyl (C=O) groups excluding carboxylic acids is 1. The maximum atomic E-state index is 12.6. The van der Waals surface area contributed by atoms with E-state index in [4.69, 9.17) is 0 Å². The van der Waals surface area contributed by atoms with Crippen LogP contribution in [0.15, 0.2) is 17.8 Å². The molecule has 124 valence electrons. The molecule has 3 heterocycles. The van der Waals surface area contributed by atoms with Gasteiger partial charge in [-0.25, -0.2) is 4.98 Å². The van der Waals surface area contributed by atoms with E-state index >= 15 is 0 Å². The molecule has 0 spiro atoms. The van der Waals surface area contributed by atoms with Gasteiger partial charge in [0.2, 0.25) is 0 Å². The molecule has 1 amide bonds. The van der Waals surface area contributed by atoms with Gasteiger partial charge in [0.05, 0.1) is 6.20 Å². The Hall–Kier alpha value is -1.97. The highest BCUT2D eigenvalue weighted by Gasteiger charge is 2.36. The number of carbonyl (C=O) groups is 1. The summed E-state index contributed by atoms with van der Waals surface area (Å²) in [4.78, 5) is 17.4. The number of alkyl halides is 3. The van der Waals surface area contributed by atoms with Crippen LogP contribution in [0.1, 0.15) is 28.3 Å². The summed E-state index contributed by atoms with van der Waals surface area (Å²) in [6.07, 6.45) is 0.563. The number of halogens is 3. The van der Waals surface area contributed by atoms with Gasteiger partial charge in [-0.3, -0.25) is 9.48 Å². The molecular formula is C13H14F3N5OS. The van der Waals surface area contributed by atoms with Crippen LogP contribution in [0.3, 0.4) is 0 Å². The van der Waals surface area contributed by atoms with Crippen LogP contribution >= 0.6 is 11.3 Å². The minimum absolute atomic E-state index is 0.135. The SMILES string of the molecule is O=C(c1csc(C(F)(F)F)n1)N1CCCC(Cn2ccnn2)C1. The van der Waals surface area contributed by atoms with E-state index in [0.29, 0.717) is 31.0 Å². The molecule has 0 aromatic carbocycles. The molecular weight excluding hydrogens is 331 g/mol. The van der Waals surface area contributed by atoms with E-state index in [1.165, 1.54) is 5.38 Å². The Morgan fingerprint density at radius 2 is 2.26 bits per heavy atom. The fourth-order valence-electron chi connectivity index (χ4n) is 2.66. The number of piperidine rings is 1. The monoisotopic (exact) mass is 345 g/mol. The number of hydrogen-bond donors (Lipinski definition) is 0. The molecule has 1 aliphatic heterocycles. The van der Waals surface area contributed by atoms with Crippen LogP contribution < -0.4 is 0 Å². The Bertz CT molecular complexity index is 669. The van der Waals surface area contributed by atoms with Gasteiger partial charge in [0.15, 0.2) is 5.01 Å². The van der Waals surface area contributed by atoms with Gasteiger partial charge in [0.25, 0.3) is 5.91 Å². The number of aromatic nitrogens is 4. The molecule has 23 heavy (non-hydrogen) atoms. The molecule has 10 heteroatoms. The van der Waals surface area contributed by atoms with Crippen molar-refractivity contribution in [2.75, 3.05) is 13.1 Å². The summed E-state index contributed by atoms with van der Waals surface area (Å²) in [6.45, 7) is 1.65. The van der Waals surface area contributed by atoms with Crippen LogP contribution in [0.2, 0.25) is 0 Å². The van der Waals surface area contributed by atoms with E-state index in [1.807, 2.05) is 0 Å². The Morgan fingerprint density at radius 1 is 1.43 bits per heavy atom. The van der Waals surface area contributed by atoms with Gasteiger partial charge in [-0.2, -0.15) is 13.2 Å². The van der Waals surface area contributed by atoms with Crippen molar-refractivity contribution in [1.82, 2.24) is 24.9 Å². The Balaban J connectivity index is 1.66. The van der Waals surface area contributed by atoms with Crippen molar-refractivity contribution in [3.05, 3.63) is 28.5 Å². The van der Waals surface area contributed by atoms with Crippen LogP contribution in [0, 0.1) is 5.92 Å². The fourth-order valence-corrected chi connectivity index (χ4v) is 3.32. The summed E-state index contributed by atoms with van der Waals surface area (Å²) in [5.41, 5.74) is -0.135. The third kappa shape index (κ3) is 3.69. The zero-order chi connectivity index (χ0) is 16.4. The van der Waals surface area contributed by atoms with Gasteiger partial charge in [-0.05, 0) is 18.8 Å². The van der Waals surface area contributed by atoms with Crippen LogP contribution in [0.5, 0.6) is 0 Å². The van der Waals surface area contributed by atoms with E-state index in [-0.39, 0.29) is 11.6 Å². The second-order valence-electron chi connectivity index (χ2n) is 5.42. The first-order valence-electron chi connectivity index (χ1n) is 7.09. The van der Waals surface area contributed by atoms with E-state index < -0.39 is 17.1 Å². The first-order chi connectivity index (χ1) is 10.9. The third-order valence-electron chi connectivity index (χ3n) is 3.69. The number of amides is 1. The molecule has 2 aromatic heterocycles. The first kappa shape index (κ1) is 15.9. The second-order valence-corrected chi connectivity index (χ2v) is 6.28. The summed E-state index contributed by atoms with van der Waals surface area (Å²) >= 11 is 0.447. The largest absolute Gasteiger partial charge is 0.443 e. The molecule has 3 rings (SSSR count). The van der Waals surface area contributed by atoms with E-state index in [0.717, 1.165) is 12.8 Å². The molecule has 1 unspecified atom stereocenters. The molecule has 1 aliphatic rings. The molecule has 1 atom stereocenters. The van der Waals surface area contributed by atoms with Crippen LogP contribution in [0.25, 0.3) is 0 Å². The van der Waals surface area contributed by atoms with Crippen LogP contribution in [0.4, 0.5) is 13.2 Å². The lowest BCUT2D eigenvalue weighted by molar-refractivity contribution is -0.137. The lowest BCUT2D eigenvalue weighted by Crippen LogP contribution is -2.41. The van der Waals surface area contributed by atoms with Crippen molar-refractivity contribution in [1.29, 1.82) is 0 Å². The van der Waals surface area contributed by atoms with Gasteiger partial charge in [-0.1, -0.05) is 5.21 Å². The summed E-state index contributed by atoms with van der Waals surface area (Å²) in [7, 11) is 0. The lowest BCUT2D eigenvalue weighted by atomic mass is 9.98. The maximum Gasteiger partial charge on any atom is 0.443 e. The zero-order valence-electron chi connectivity index (χ0n) is 12.0. The van der Waals surface area contributed by atoms with Gasteiger partial charge < -0.3 is 4.90 Å². The van der Waals surface area contributed by atoms with E-state index in [9.17, 15) is 18.0 Å². The predicted octanol–water partition coefficient (Wildman–Crippen LogP) is 2.31. The van der Waals surface area contributed by atoms with Crippen molar-refractivity contribution in [2.45, 2.75) is 25.6 Å². The van der Waals surface area contributed by atoms with Gasteiger partial charge in [0.1, 0.15) is 5.69 Å². The van der Waals surface area contributed by atoms with Crippen molar-refractivity contribution in [2.24, 2.45) is 5.92 Å². The number of likely N-dealkylation sites (tertiary alicyclic amines) is 1. The number of thiazole rings is 1. The van der Waals surface area contributed by atoms with Gasteiger partial charge in [-0.15, -0.1) is 16.4 Å². The van der Waals surface area contributed by atoms with Gasteiger partial charge in [0, 0.05) is 31.2 Å². The highest BCUT2D eigenvalue weighted by molar-refractivity contribution is 7.09. The topological polar surface area (TPSA) is 63.9 Å². The summed E-state index contributed by atoms with van der Waals surface area (Å²) in [6, 6.07) is 0. The summed E-state index contributed by atoms with van der Waals surface area (Å²) < 4.78 is 39.5. The second kappa shape index (κ2) is 6.26. The van der Waals surface area contributed by atoms with E-state index in [2.05, 4.69) is 15.3 Å². The average molecular weight is 345 g/mol. The molecule has 1 saturated heterocycles. The molecule has 0 N–H and O–H groups in total. The fraction of sp³-hybridized carbons (Fsp3) is 0.538. The first-order valence-corrected chi connectivity index (χ1v) is 7.97. The normalized spacial score (nSPS) is 19.1. The van der Waals surface area contributed by atoms with Crippen molar-refractivity contribution in [3.8, 4) is 0 Å². The quantitative estimate of drug-likeness (QED) is 0.856. The van der Waals surface area contributed by atoms with Crippen molar-refractivity contribution >= 4 is 17.2 Å². The predicted molar refractivity (Wildman–Crippen MR) is 75.8 cm³/mol. The molecule has 0 saturated carbocycles. The van der Waals surface area contributed by atoms with Crippen LogP contribution in [-0.4, -0.2) is 43.9 Å². The van der Waals surface area contributed by atoms with Gasteiger partial charge >= 0.3 is 6.18 Å². The molecule has 0 bridgehead atoms. The molecule has 0 aliphatic carbocycles. The van der Waals surface area contributed by atoms with Crippen molar-refractivity contribution in [3.63, 3.8) is 0 Å². The Morgan fingerprint density at radius 3 is 2.91 bits per heavy atom. The summed E-state index contributed by atoms with van der Waals surface area (Å²) in [5.74, 6) is -0.241. The van der Waals surface area contributed by atoms with Crippen molar-refractivity contribution < 1.29 is 18.0 Å². The number of hydrogen-bond acceptors (Lipinski definition) is 5. The lowest BCUT2D eigenvalue weighted by Gasteiger charge is -2.32. The highest BCUT2D eigenvalue weighted by atomic mass is 32.1. The minimum Gasteiger partial charge on any atom is -0.337 e. The Kier molecular flexibility index (Phi) is 4.33. The molecule has 1 fully saturated rings. The van der Waals surface area contributed by atoms with E-state index in [1.54, 1.807) is 22.0 Å². The minimum atomic E-state index is -4.51. The van der Waals surface area contributed by atoms with Crippen LogP contribution in [-0.2, 0) is 12.7 Å². The number of nitrogens with zero attached hydrogens (tertiary/aromatic N) is 5.